The molecule has 2 aromatic rings. The lowest BCUT2D eigenvalue weighted by atomic mass is 9.94. The maximum absolute atomic E-state index is 13.0. The standard InChI is InChI=1S/C21H24N2O2S/c1-14-8-11-17(12-9-14)22-20(24)19-13-10-16-6-4-5-7-18(16)23(19)21(25)15(2)26-3/h4-9,11-12,15,19H,10,13H2,1-3H3,(H,22,24). The summed E-state index contributed by atoms with van der Waals surface area (Å²) >= 11 is 1.50. The zero-order valence-corrected chi connectivity index (χ0v) is 16.2. The molecular weight excluding hydrogens is 344 g/mol. The van der Waals surface area contributed by atoms with E-state index in [1.165, 1.54) is 11.8 Å². The van der Waals surface area contributed by atoms with Crippen LogP contribution in [0.1, 0.15) is 24.5 Å². The van der Waals surface area contributed by atoms with Gasteiger partial charge in [0.1, 0.15) is 6.04 Å². The van der Waals surface area contributed by atoms with Gasteiger partial charge in [0.2, 0.25) is 11.8 Å². The molecule has 0 radical (unpaired) electrons. The minimum absolute atomic E-state index is 0.0197. The van der Waals surface area contributed by atoms with Crippen LogP contribution in [-0.2, 0) is 16.0 Å². The van der Waals surface area contributed by atoms with Gasteiger partial charge in [-0.05, 0) is 56.7 Å². The molecule has 2 aromatic carbocycles. The fourth-order valence-corrected chi connectivity index (χ4v) is 3.54. The predicted molar refractivity (Wildman–Crippen MR) is 109 cm³/mol. The lowest BCUT2D eigenvalue weighted by molar-refractivity contribution is -0.123. The molecule has 2 amide bonds. The molecule has 0 spiro atoms. The monoisotopic (exact) mass is 368 g/mol. The van der Waals surface area contributed by atoms with Crippen molar-refractivity contribution in [2.45, 2.75) is 38.0 Å². The second-order valence-corrected chi connectivity index (χ2v) is 7.80. The summed E-state index contributed by atoms with van der Waals surface area (Å²) in [6, 6.07) is 15.1. The molecule has 1 aliphatic heterocycles. The number of benzene rings is 2. The van der Waals surface area contributed by atoms with Crippen LogP contribution in [0, 0.1) is 6.92 Å². The number of para-hydroxylation sites is 1. The Bertz CT molecular complexity index is 804. The molecule has 3 rings (SSSR count). The van der Waals surface area contributed by atoms with Gasteiger partial charge in [0, 0.05) is 11.4 Å². The second kappa shape index (κ2) is 7.96. The molecule has 0 fully saturated rings. The van der Waals surface area contributed by atoms with Crippen LogP contribution in [0.5, 0.6) is 0 Å². The highest BCUT2D eigenvalue weighted by molar-refractivity contribution is 7.99. The van der Waals surface area contributed by atoms with E-state index in [9.17, 15) is 9.59 Å². The summed E-state index contributed by atoms with van der Waals surface area (Å²) in [7, 11) is 0. The van der Waals surface area contributed by atoms with E-state index >= 15 is 0 Å². The van der Waals surface area contributed by atoms with Crippen LogP contribution >= 0.6 is 11.8 Å². The normalized spacial score (nSPS) is 17.3. The molecule has 2 atom stereocenters. The Morgan fingerprint density at radius 3 is 2.54 bits per heavy atom. The first-order valence-corrected chi connectivity index (χ1v) is 10.1. The van der Waals surface area contributed by atoms with E-state index in [-0.39, 0.29) is 17.1 Å². The topological polar surface area (TPSA) is 49.4 Å². The van der Waals surface area contributed by atoms with Crippen molar-refractivity contribution < 1.29 is 9.59 Å². The van der Waals surface area contributed by atoms with Crippen molar-refractivity contribution in [1.82, 2.24) is 0 Å². The number of nitrogens with zero attached hydrogens (tertiary/aromatic N) is 1. The third-order valence-corrected chi connectivity index (χ3v) is 5.72. The minimum atomic E-state index is -0.492. The molecule has 0 bridgehead atoms. The van der Waals surface area contributed by atoms with Crippen LogP contribution in [0.3, 0.4) is 0 Å². The Balaban J connectivity index is 1.90. The van der Waals surface area contributed by atoms with Gasteiger partial charge in [0.25, 0.3) is 0 Å². The van der Waals surface area contributed by atoms with Crippen LogP contribution in [0.25, 0.3) is 0 Å². The Hall–Kier alpha value is -2.27. The number of fused-ring (bicyclic) bond motifs is 1. The molecule has 4 nitrogen and oxygen atoms in total. The average molecular weight is 369 g/mol. The van der Waals surface area contributed by atoms with Crippen molar-refractivity contribution in [2.75, 3.05) is 16.5 Å². The van der Waals surface area contributed by atoms with Crippen LogP contribution in [0.15, 0.2) is 48.5 Å². The fourth-order valence-electron chi connectivity index (χ4n) is 3.23. The number of hydrogen-bond donors (Lipinski definition) is 1. The SMILES string of the molecule is CSC(C)C(=O)N1c2ccccc2CCC1C(=O)Nc1ccc(C)cc1. The number of carbonyl (C=O) groups is 2. The Morgan fingerprint density at radius 2 is 1.85 bits per heavy atom. The Morgan fingerprint density at radius 1 is 1.15 bits per heavy atom. The molecule has 1 heterocycles. The summed E-state index contributed by atoms with van der Waals surface area (Å²) in [5.41, 5.74) is 3.87. The van der Waals surface area contributed by atoms with E-state index in [2.05, 4.69) is 5.32 Å². The predicted octanol–water partition coefficient (Wildman–Crippen LogP) is 4.03. The molecular formula is C21H24N2O2S. The van der Waals surface area contributed by atoms with Crippen molar-refractivity contribution in [3.8, 4) is 0 Å². The van der Waals surface area contributed by atoms with E-state index in [1.54, 1.807) is 4.90 Å². The number of aryl methyl sites for hydroxylation is 2. The number of hydrogen-bond acceptors (Lipinski definition) is 3. The van der Waals surface area contributed by atoms with Gasteiger partial charge in [0.15, 0.2) is 0 Å². The summed E-state index contributed by atoms with van der Waals surface area (Å²) in [4.78, 5) is 27.7. The van der Waals surface area contributed by atoms with Gasteiger partial charge < -0.3 is 5.32 Å². The highest BCUT2D eigenvalue weighted by atomic mass is 32.2. The fraction of sp³-hybridized carbons (Fsp3) is 0.333. The minimum Gasteiger partial charge on any atom is -0.324 e. The van der Waals surface area contributed by atoms with Gasteiger partial charge in [-0.25, -0.2) is 0 Å². The van der Waals surface area contributed by atoms with Crippen LogP contribution < -0.4 is 10.2 Å². The third kappa shape index (κ3) is 3.78. The van der Waals surface area contributed by atoms with Gasteiger partial charge >= 0.3 is 0 Å². The van der Waals surface area contributed by atoms with E-state index in [0.29, 0.717) is 6.42 Å². The Labute approximate surface area is 159 Å². The molecule has 26 heavy (non-hydrogen) atoms. The van der Waals surface area contributed by atoms with Crippen LogP contribution in [0.4, 0.5) is 11.4 Å². The molecule has 2 unspecified atom stereocenters. The molecule has 136 valence electrons. The van der Waals surface area contributed by atoms with E-state index in [1.807, 2.05) is 68.6 Å². The smallest absolute Gasteiger partial charge is 0.247 e. The van der Waals surface area contributed by atoms with E-state index in [4.69, 9.17) is 0 Å². The molecule has 1 N–H and O–H groups in total. The first-order valence-electron chi connectivity index (χ1n) is 8.82. The molecule has 0 aliphatic carbocycles. The number of anilines is 2. The van der Waals surface area contributed by atoms with Gasteiger partial charge in [-0.15, -0.1) is 0 Å². The van der Waals surface area contributed by atoms with E-state index in [0.717, 1.165) is 28.9 Å². The molecule has 0 saturated carbocycles. The maximum Gasteiger partial charge on any atom is 0.247 e. The van der Waals surface area contributed by atoms with Gasteiger partial charge in [-0.3, -0.25) is 14.5 Å². The zero-order valence-electron chi connectivity index (χ0n) is 15.4. The molecule has 0 aromatic heterocycles. The van der Waals surface area contributed by atoms with Crippen molar-refractivity contribution in [3.63, 3.8) is 0 Å². The summed E-state index contributed by atoms with van der Waals surface area (Å²) in [6.07, 6.45) is 3.33. The number of nitrogens with one attached hydrogen (secondary N) is 1. The average Bonchev–Trinajstić information content (AvgIpc) is 2.67. The molecule has 1 aliphatic rings. The quantitative estimate of drug-likeness (QED) is 0.886. The van der Waals surface area contributed by atoms with Crippen molar-refractivity contribution in [1.29, 1.82) is 0 Å². The summed E-state index contributed by atoms with van der Waals surface area (Å²) in [5, 5.41) is 2.77. The van der Waals surface area contributed by atoms with Crippen LogP contribution in [-0.4, -0.2) is 29.4 Å². The first kappa shape index (κ1) is 18.5. The second-order valence-electron chi connectivity index (χ2n) is 6.62. The summed E-state index contributed by atoms with van der Waals surface area (Å²) in [5.74, 6) is -0.154. The number of thioether (sulfide) groups is 1. The van der Waals surface area contributed by atoms with Crippen LogP contribution in [0.2, 0.25) is 0 Å². The van der Waals surface area contributed by atoms with Crippen molar-refractivity contribution in [2.24, 2.45) is 0 Å². The maximum atomic E-state index is 13.0. The number of rotatable bonds is 4. The van der Waals surface area contributed by atoms with Gasteiger partial charge in [-0.1, -0.05) is 35.9 Å². The highest BCUT2D eigenvalue weighted by Gasteiger charge is 2.37. The highest BCUT2D eigenvalue weighted by Crippen LogP contribution is 2.32. The van der Waals surface area contributed by atoms with E-state index < -0.39 is 6.04 Å². The van der Waals surface area contributed by atoms with Gasteiger partial charge in [0.05, 0.1) is 5.25 Å². The van der Waals surface area contributed by atoms with Gasteiger partial charge in [-0.2, -0.15) is 11.8 Å². The number of carbonyl (C=O) groups excluding carboxylic acids is 2. The number of amides is 2. The van der Waals surface area contributed by atoms with Crippen molar-refractivity contribution >= 4 is 35.0 Å². The Kier molecular flexibility index (Phi) is 5.67. The summed E-state index contributed by atoms with van der Waals surface area (Å²) < 4.78 is 0. The lowest BCUT2D eigenvalue weighted by Crippen LogP contribution is -2.52. The lowest BCUT2D eigenvalue weighted by Gasteiger charge is -2.37. The molecule has 0 saturated heterocycles. The first-order chi connectivity index (χ1) is 12.5. The largest absolute Gasteiger partial charge is 0.324 e. The molecule has 5 heteroatoms. The third-order valence-electron chi connectivity index (χ3n) is 4.81. The zero-order chi connectivity index (χ0) is 18.7. The van der Waals surface area contributed by atoms with Crippen molar-refractivity contribution in [3.05, 3.63) is 59.7 Å². The summed E-state index contributed by atoms with van der Waals surface area (Å²) in [6.45, 7) is 3.90.